The number of carbonyl (C=O) groups is 1. The zero-order chi connectivity index (χ0) is 14.8. The molecule has 5 heteroatoms. The van der Waals surface area contributed by atoms with Gasteiger partial charge in [0.25, 0.3) is 0 Å². The smallest absolute Gasteiger partial charge is 0.219 e. The van der Waals surface area contributed by atoms with Crippen LogP contribution in [0.1, 0.15) is 39.4 Å². The Morgan fingerprint density at radius 1 is 1.21 bits per heavy atom. The number of aliphatic hydroxyl groups excluding tert-OH is 1. The van der Waals surface area contributed by atoms with Crippen LogP contribution >= 0.6 is 0 Å². The van der Waals surface area contributed by atoms with Gasteiger partial charge in [-0.1, -0.05) is 0 Å². The van der Waals surface area contributed by atoms with Crippen molar-refractivity contribution < 1.29 is 20.1 Å². The van der Waals surface area contributed by atoms with E-state index >= 15 is 0 Å². The lowest BCUT2D eigenvalue weighted by atomic mass is 10.0. The van der Waals surface area contributed by atoms with Gasteiger partial charge in [-0.3, -0.25) is 4.79 Å². The van der Waals surface area contributed by atoms with Crippen molar-refractivity contribution in [3.63, 3.8) is 0 Å². The molecule has 106 valence electrons. The summed E-state index contributed by atoms with van der Waals surface area (Å²) in [7, 11) is 0. The Kier molecular flexibility index (Phi) is 4.42. The van der Waals surface area contributed by atoms with Crippen molar-refractivity contribution in [3.05, 3.63) is 23.8 Å². The molecule has 0 spiro atoms. The van der Waals surface area contributed by atoms with Crippen molar-refractivity contribution in [1.29, 1.82) is 0 Å². The van der Waals surface area contributed by atoms with Crippen LogP contribution in [0, 0.1) is 0 Å². The first-order chi connectivity index (χ1) is 8.61. The second kappa shape index (κ2) is 5.48. The number of rotatable bonds is 3. The van der Waals surface area contributed by atoms with Crippen LogP contribution in [0.25, 0.3) is 0 Å². The van der Waals surface area contributed by atoms with Crippen LogP contribution in [0.2, 0.25) is 0 Å². The summed E-state index contributed by atoms with van der Waals surface area (Å²) in [6.45, 7) is 7.17. The molecule has 19 heavy (non-hydrogen) atoms. The first-order valence-electron chi connectivity index (χ1n) is 6.10. The molecule has 5 nitrogen and oxygen atoms in total. The summed E-state index contributed by atoms with van der Waals surface area (Å²) in [6, 6.07) is 3.92. The number of hydrogen-bond donors (Lipinski definition) is 3. The summed E-state index contributed by atoms with van der Waals surface area (Å²) in [5.74, 6) is -0.394. The molecule has 0 saturated carbocycles. The van der Waals surface area contributed by atoms with Gasteiger partial charge in [-0.2, -0.15) is 0 Å². The highest BCUT2D eigenvalue weighted by atomic mass is 16.3. The normalized spacial score (nSPS) is 13.1. The standard InChI is InChI=1S/C14H21NO4/c1-9(16)15(14(2,3)4)8-13(19)10-5-11(17)7-12(18)6-10/h5-7,13,17-19H,8H2,1-4H3. The van der Waals surface area contributed by atoms with Crippen LogP contribution in [0.15, 0.2) is 18.2 Å². The molecule has 0 saturated heterocycles. The minimum absolute atomic E-state index is 0.0989. The molecule has 0 aliphatic carbocycles. The van der Waals surface area contributed by atoms with Gasteiger partial charge < -0.3 is 20.2 Å². The van der Waals surface area contributed by atoms with Crippen molar-refractivity contribution in [3.8, 4) is 11.5 Å². The minimum atomic E-state index is -0.971. The Balaban J connectivity index is 2.94. The number of carbonyl (C=O) groups excluding carboxylic acids is 1. The van der Waals surface area contributed by atoms with Gasteiger partial charge in [-0.15, -0.1) is 0 Å². The lowest BCUT2D eigenvalue weighted by Gasteiger charge is -2.36. The molecule has 1 atom stereocenters. The minimum Gasteiger partial charge on any atom is -0.508 e. The molecule has 1 aromatic carbocycles. The van der Waals surface area contributed by atoms with E-state index in [1.54, 1.807) is 4.90 Å². The van der Waals surface area contributed by atoms with Crippen LogP contribution in [0.4, 0.5) is 0 Å². The van der Waals surface area contributed by atoms with Crippen LogP contribution in [0.3, 0.4) is 0 Å². The number of amides is 1. The Hall–Kier alpha value is -1.75. The first kappa shape index (κ1) is 15.3. The summed E-state index contributed by atoms with van der Waals surface area (Å²) < 4.78 is 0. The van der Waals surface area contributed by atoms with Crippen LogP contribution in [-0.2, 0) is 4.79 Å². The Bertz CT molecular complexity index is 445. The number of phenolic OH excluding ortho intramolecular Hbond substituents is 2. The molecule has 0 bridgehead atoms. The molecule has 0 aromatic heterocycles. The maximum Gasteiger partial charge on any atom is 0.219 e. The molecule has 1 aromatic rings. The average molecular weight is 267 g/mol. The fraction of sp³-hybridized carbons (Fsp3) is 0.500. The van der Waals surface area contributed by atoms with E-state index in [0.29, 0.717) is 5.56 Å². The number of β-amino-alcohol motifs (C(OH)–C–C–N with tert-alkyl or cyclic N) is 1. The van der Waals surface area contributed by atoms with Crippen molar-refractivity contribution in [1.82, 2.24) is 4.90 Å². The molecule has 0 heterocycles. The maximum absolute atomic E-state index is 11.6. The van der Waals surface area contributed by atoms with Crippen molar-refractivity contribution in [2.45, 2.75) is 39.3 Å². The lowest BCUT2D eigenvalue weighted by molar-refractivity contribution is -0.135. The molecule has 1 rings (SSSR count). The SMILES string of the molecule is CC(=O)N(CC(O)c1cc(O)cc(O)c1)C(C)(C)C. The van der Waals surface area contributed by atoms with Gasteiger partial charge in [0.2, 0.25) is 5.91 Å². The van der Waals surface area contributed by atoms with E-state index in [4.69, 9.17) is 0 Å². The third-order valence-corrected chi connectivity index (χ3v) is 2.86. The third kappa shape index (κ3) is 4.13. The van der Waals surface area contributed by atoms with Crippen LogP contribution in [0.5, 0.6) is 11.5 Å². The van der Waals surface area contributed by atoms with E-state index < -0.39 is 11.6 Å². The van der Waals surface area contributed by atoms with E-state index in [0.717, 1.165) is 0 Å². The summed E-state index contributed by atoms with van der Waals surface area (Å²) >= 11 is 0. The molecular weight excluding hydrogens is 246 g/mol. The zero-order valence-electron chi connectivity index (χ0n) is 11.7. The largest absolute Gasteiger partial charge is 0.508 e. The Morgan fingerprint density at radius 2 is 1.68 bits per heavy atom. The molecule has 1 unspecified atom stereocenters. The van der Waals surface area contributed by atoms with Crippen LogP contribution in [-0.4, -0.2) is 38.2 Å². The van der Waals surface area contributed by atoms with Gasteiger partial charge in [0.15, 0.2) is 0 Å². The van der Waals surface area contributed by atoms with Crippen molar-refractivity contribution in [2.24, 2.45) is 0 Å². The van der Waals surface area contributed by atoms with Gasteiger partial charge in [-0.25, -0.2) is 0 Å². The quantitative estimate of drug-likeness (QED) is 0.779. The molecule has 0 aliphatic rings. The van der Waals surface area contributed by atoms with Gasteiger partial charge in [0.05, 0.1) is 12.6 Å². The molecule has 0 radical (unpaired) electrons. The van der Waals surface area contributed by atoms with Gasteiger partial charge in [0, 0.05) is 18.5 Å². The predicted octanol–water partition coefficient (Wildman–Crippen LogP) is 1.78. The molecule has 0 aliphatic heterocycles. The van der Waals surface area contributed by atoms with E-state index in [1.807, 2.05) is 20.8 Å². The maximum atomic E-state index is 11.6. The monoisotopic (exact) mass is 267 g/mol. The zero-order valence-corrected chi connectivity index (χ0v) is 11.7. The molecule has 1 amide bonds. The number of phenols is 2. The van der Waals surface area contributed by atoms with E-state index in [2.05, 4.69) is 0 Å². The van der Waals surface area contributed by atoms with Crippen molar-refractivity contribution >= 4 is 5.91 Å². The highest BCUT2D eigenvalue weighted by Crippen LogP contribution is 2.27. The second-order valence-electron chi connectivity index (χ2n) is 5.60. The summed E-state index contributed by atoms with van der Waals surface area (Å²) in [5, 5.41) is 28.9. The van der Waals surface area contributed by atoms with Crippen LogP contribution < -0.4 is 0 Å². The highest BCUT2D eigenvalue weighted by molar-refractivity contribution is 5.74. The average Bonchev–Trinajstić information content (AvgIpc) is 2.21. The first-order valence-corrected chi connectivity index (χ1v) is 6.10. The fourth-order valence-electron chi connectivity index (χ4n) is 1.96. The number of nitrogens with zero attached hydrogens (tertiary/aromatic N) is 1. The summed E-state index contributed by atoms with van der Waals surface area (Å²) in [4.78, 5) is 13.1. The fourth-order valence-corrected chi connectivity index (χ4v) is 1.96. The molecule has 0 fully saturated rings. The number of hydrogen-bond acceptors (Lipinski definition) is 4. The van der Waals surface area contributed by atoms with Gasteiger partial charge in [-0.05, 0) is 38.5 Å². The van der Waals surface area contributed by atoms with Gasteiger partial charge in [0.1, 0.15) is 11.5 Å². The van der Waals surface area contributed by atoms with E-state index in [1.165, 1.54) is 25.1 Å². The summed E-state index contributed by atoms with van der Waals surface area (Å²) in [6.07, 6.45) is -0.971. The number of benzene rings is 1. The summed E-state index contributed by atoms with van der Waals surface area (Å²) in [5.41, 5.74) is -0.0425. The third-order valence-electron chi connectivity index (χ3n) is 2.86. The number of aromatic hydroxyl groups is 2. The highest BCUT2D eigenvalue weighted by Gasteiger charge is 2.26. The topological polar surface area (TPSA) is 81.0 Å². The second-order valence-corrected chi connectivity index (χ2v) is 5.60. The van der Waals surface area contributed by atoms with E-state index in [-0.39, 0.29) is 24.0 Å². The molecule has 3 N–H and O–H groups in total. The Morgan fingerprint density at radius 3 is 2.05 bits per heavy atom. The number of aliphatic hydroxyl groups is 1. The molecular formula is C14H21NO4. The van der Waals surface area contributed by atoms with Crippen molar-refractivity contribution in [2.75, 3.05) is 6.54 Å². The lowest BCUT2D eigenvalue weighted by Crippen LogP contribution is -2.46. The van der Waals surface area contributed by atoms with Gasteiger partial charge >= 0.3 is 0 Å². The van der Waals surface area contributed by atoms with E-state index in [9.17, 15) is 20.1 Å². The predicted molar refractivity (Wildman–Crippen MR) is 71.9 cm³/mol. The Labute approximate surface area is 113 Å².